The number of alkyl halides is 6. The second-order valence-corrected chi connectivity index (χ2v) is 8.94. The van der Waals surface area contributed by atoms with Gasteiger partial charge in [0.15, 0.2) is 5.60 Å². The van der Waals surface area contributed by atoms with E-state index in [1.54, 1.807) is 4.90 Å². The van der Waals surface area contributed by atoms with E-state index >= 15 is 0 Å². The van der Waals surface area contributed by atoms with Gasteiger partial charge in [0.2, 0.25) is 5.91 Å². The van der Waals surface area contributed by atoms with Gasteiger partial charge in [-0.05, 0) is 25.7 Å². The summed E-state index contributed by atoms with van der Waals surface area (Å²) in [4.78, 5) is 21.4. The Bertz CT molecular complexity index is 1120. The molecule has 2 aliphatic heterocycles. The maximum absolute atomic E-state index is 13.7. The molecule has 1 amide bonds. The van der Waals surface area contributed by atoms with Crippen LogP contribution in [-0.2, 0) is 16.6 Å². The highest BCUT2D eigenvalue weighted by atomic mass is 19.4. The van der Waals surface area contributed by atoms with Crippen LogP contribution in [0.4, 0.5) is 38.0 Å². The maximum Gasteiger partial charge on any atom is 0.433 e. The van der Waals surface area contributed by atoms with Crippen LogP contribution in [0.15, 0.2) is 6.07 Å². The molecule has 3 aliphatic rings. The minimum absolute atomic E-state index is 0.00758. The Morgan fingerprint density at radius 2 is 1.71 bits per heavy atom. The van der Waals surface area contributed by atoms with E-state index in [0.717, 1.165) is 18.9 Å². The fourth-order valence-corrected chi connectivity index (χ4v) is 4.57. The van der Waals surface area contributed by atoms with Crippen LogP contribution < -0.4 is 10.2 Å². The molecule has 34 heavy (non-hydrogen) atoms. The van der Waals surface area contributed by atoms with Crippen molar-refractivity contribution in [2.45, 2.75) is 61.9 Å². The predicted molar refractivity (Wildman–Crippen MR) is 105 cm³/mol. The molecule has 4 heterocycles. The Labute approximate surface area is 188 Å². The smallest absolute Gasteiger partial charge is 0.376 e. The molecule has 5 rings (SSSR count). The van der Waals surface area contributed by atoms with Crippen LogP contribution in [0.2, 0.25) is 0 Å². The third-order valence-corrected chi connectivity index (χ3v) is 6.53. The average molecular weight is 490 g/mol. The van der Waals surface area contributed by atoms with Crippen LogP contribution in [0.1, 0.15) is 66.7 Å². The van der Waals surface area contributed by atoms with Crippen molar-refractivity contribution < 1.29 is 36.2 Å². The van der Waals surface area contributed by atoms with E-state index in [1.807, 2.05) is 0 Å². The van der Waals surface area contributed by atoms with E-state index in [4.69, 9.17) is 0 Å². The van der Waals surface area contributed by atoms with Crippen molar-refractivity contribution in [3.63, 3.8) is 0 Å². The fraction of sp³-hybridized carbons (Fsp3) is 0.600. The molecule has 0 bridgehead atoms. The number of halogens is 6. The Morgan fingerprint density at radius 3 is 2.29 bits per heavy atom. The summed E-state index contributed by atoms with van der Waals surface area (Å²) in [5, 5.41) is 19.1. The second-order valence-electron chi connectivity index (χ2n) is 8.94. The zero-order chi connectivity index (χ0) is 24.5. The molecule has 1 saturated heterocycles. The highest BCUT2D eigenvalue weighted by Gasteiger charge is 2.61. The third-order valence-electron chi connectivity index (χ3n) is 6.53. The first-order valence-corrected chi connectivity index (χ1v) is 10.8. The highest BCUT2D eigenvalue weighted by molar-refractivity contribution is 5.94. The van der Waals surface area contributed by atoms with E-state index in [0.29, 0.717) is 0 Å². The van der Waals surface area contributed by atoms with Gasteiger partial charge >= 0.3 is 12.4 Å². The topological polar surface area (TPSA) is 107 Å². The van der Waals surface area contributed by atoms with Crippen LogP contribution >= 0.6 is 0 Å². The lowest BCUT2D eigenvalue weighted by Gasteiger charge is -2.37. The van der Waals surface area contributed by atoms with Gasteiger partial charge in [-0.15, -0.1) is 0 Å². The van der Waals surface area contributed by atoms with Crippen LogP contribution in [0.3, 0.4) is 0 Å². The number of piperidine rings is 1. The Balaban J connectivity index is 1.40. The molecule has 1 saturated carbocycles. The van der Waals surface area contributed by atoms with Crippen molar-refractivity contribution in [3.05, 3.63) is 28.8 Å². The number of aromatic nitrogens is 4. The van der Waals surface area contributed by atoms with Gasteiger partial charge in [0.05, 0.1) is 17.7 Å². The minimum atomic E-state index is -5.10. The monoisotopic (exact) mass is 490 g/mol. The SMILES string of the molecule is O=C1CC(O)(C(F)(F)F)c2c(C3CCN(c4cc(C(F)(F)F)nc(C5CC5)n4)CC3)n[nH]c2N1. The number of nitrogens with zero attached hydrogens (tertiary/aromatic N) is 4. The maximum atomic E-state index is 13.7. The minimum Gasteiger partial charge on any atom is -0.376 e. The quantitative estimate of drug-likeness (QED) is 0.568. The summed E-state index contributed by atoms with van der Waals surface area (Å²) < 4.78 is 81.2. The van der Waals surface area contributed by atoms with E-state index < -0.39 is 47.5 Å². The van der Waals surface area contributed by atoms with Crippen LogP contribution in [0.25, 0.3) is 0 Å². The molecule has 1 atom stereocenters. The predicted octanol–water partition coefficient (Wildman–Crippen LogP) is 3.57. The first-order valence-electron chi connectivity index (χ1n) is 10.8. The lowest BCUT2D eigenvalue weighted by atomic mass is 9.81. The number of nitrogens with one attached hydrogen (secondary N) is 2. The molecular weight excluding hydrogens is 470 g/mol. The van der Waals surface area contributed by atoms with Crippen molar-refractivity contribution >= 4 is 17.5 Å². The number of hydrogen-bond acceptors (Lipinski definition) is 6. The van der Waals surface area contributed by atoms with Gasteiger partial charge in [-0.2, -0.15) is 31.4 Å². The molecule has 2 aromatic rings. The summed E-state index contributed by atoms with van der Waals surface area (Å²) in [5.41, 5.74) is -4.91. The van der Waals surface area contributed by atoms with Crippen molar-refractivity contribution in [3.8, 4) is 0 Å². The normalized spacial score (nSPS) is 24.2. The zero-order valence-electron chi connectivity index (χ0n) is 17.6. The lowest BCUT2D eigenvalue weighted by Crippen LogP contribution is -2.49. The number of aliphatic hydroxyl groups is 1. The molecule has 0 aromatic carbocycles. The summed E-state index contributed by atoms with van der Waals surface area (Å²) in [5.74, 6) is -1.61. The Hall–Kier alpha value is -2.90. The largest absolute Gasteiger partial charge is 0.433 e. The van der Waals surface area contributed by atoms with Crippen LogP contribution in [0, 0.1) is 0 Å². The van der Waals surface area contributed by atoms with E-state index in [-0.39, 0.29) is 55.0 Å². The van der Waals surface area contributed by atoms with Gasteiger partial charge in [0.1, 0.15) is 23.2 Å². The van der Waals surface area contributed by atoms with Crippen molar-refractivity contribution in [1.82, 2.24) is 20.2 Å². The van der Waals surface area contributed by atoms with Crippen molar-refractivity contribution in [2.75, 3.05) is 23.3 Å². The van der Waals surface area contributed by atoms with Crippen LogP contribution in [-0.4, -0.2) is 50.4 Å². The second kappa shape index (κ2) is 7.55. The number of rotatable bonds is 3. The number of anilines is 2. The van der Waals surface area contributed by atoms with Crippen molar-refractivity contribution in [1.29, 1.82) is 0 Å². The molecule has 2 aromatic heterocycles. The van der Waals surface area contributed by atoms with E-state index in [1.165, 1.54) is 0 Å². The number of amides is 1. The van der Waals surface area contributed by atoms with Gasteiger partial charge in [0, 0.05) is 31.0 Å². The first-order chi connectivity index (χ1) is 15.9. The summed E-state index contributed by atoms with van der Waals surface area (Å²) >= 11 is 0. The number of H-pyrrole nitrogens is 1. The van der Waals surface area contributed by atoms with Gasteiger partial charge in [-0.25, -0.2) is 9.97 Å². The molecule has 1 unspecified atom stereocenters. The standard InChI is InChI=1S/C20H20F6N6O2/c21-19(22,23)11-7-12(28-16(27-11)10-1-2-10)32-5-3-9(4-6-32)15-14-17(31-30-15)29-13(33)8-18(14,34)20(24,25)26/h7,9-10,34H,1-6,8H2,(H2,29,30,31,33). The molecule has 2 fully saturated rings. The summed E-state index contributed by atoms with van der Waals surface area (Å²) in [7, 11) is 0. The molecule has 3 N–H and O–H groups in total. The summed E-state index contributed by atoms with van der Waals surface area (Å²) in [6.45, 7) is 0.447. The van der Waals surface area contributed by atoms with Gasteiger partial charge in [-0.3, -0.25) is 9.89 Å². The molecule has 14 heteroatoms. The number of carbonyl (C=O) groups excluding carboxylic acids is 1. The average Bonchev–Trinajstić information content (AvgIpc) is 3.52. The number of hydrogen-bond donors (Lipinski definition) is 3. The van der Waals surface area contributed by atoms with Crippen molar-refractivity contribution in [2.24, 2.45) is 0 Å². The molecule has 0 spiro atoms. The van der Waals surface area contributed by atoms with E-state index in [2.05, 4.69) is 25.5 Å². The highest BCUT2D eigenvalue weighted by Crippen LogP contribution is 2.50. The fourth-order valence-electron chi connectivity index (χ4n) is 4.57. The zero-order valence-corrected chi connectivity index (χ0v) is 17.6. The molecule has 8 nitrogen and oxygen atoms in total. The number of carbonyl (C=O) groups is 1. The van der Waals surface area contributed by atoms with Gasteiger partial charge < -0.3 is 15.3 Å². The molecule has 1 aliphatic carbocycles. The number of aromatic amines is 1. The molecule has 184 valence electrons. The van der Waals surface area contributed by atoms with E-state index in [9.17, 15) is 36.2 Å². The Kier molecular flexibility index (Phi) is 5.08. The van der Waals surface area contributed by atoms with Gasteiger partial charge in [0.25, 0.3) is 0 Å². The Morgan fingerprint density at radius 1 is 1.03 bits per heavy atom. The summed E-state index contributed by atoms with van der Waals surface area (Å²) in [6.07, 6.45) is -8.92. The number of fused-ring (bicyclic) bond motifs is 1. The third kappa shape index (κ3) is 3.87. The molecule has 0 radical (unpaired) electrons. The van der Waals surface area contributed by atoms with Gasteiger partial charge in [-0.1, -0.05) is 0 Å². The molecular formula is C20H20F6N6O2. The first kappa shape index (κ1) is 22.9. The summed E-state index contributed by atoms with van der Waals surface area (Å²) in [6, 6.07) is 0.889. The lowest BCUT2D eigenvalue weighted by molar-refractivity contribution is -0.267. The van der Waals surface area contributed by atoms with Crippen LogP contribution in [0.5, 0.6) is 0 Å².